The van der Waals surface area contributed by atoms with E-state index in [0.29, 0.717) is 0 Å². The van der Waals surface area contributed by atoms with Gasteiger partial charge < -0.3 is 4.84 Å². The summed E-state index contributed by atoms with van der Waals surface area (Å²) in [5, 5.41) is 3.51. The Morgan fingerprint density at radius 2 is 2.55 bits per heavy atom. The molecule has 1 amide bonds. The minimum absolute atomic E-state index is 0.128. The van der Waals surface area contributed by atoms with Gasteiger partial charge in [0.05, 0.1) is 0 Å². The lowest BCUT2D eigenvalue weighted by atomic mass is 10.4. The zero-order valence-corrected chi connectivity index (χ0v) is 6.54. The number of rotatable bonds is 5. The van der Waals surface area contributed by atoms with Crippen molar-refractivity contribution in [3.05, 3.63) is 0 Å². The number of carbonyl (C=O) groups is 1. The Hall–Kier alpha value is -1.10. The van der Waals surface area contributed by atoms with Crippen LogP contribution in [0.25, 0.3) is 0 Å². The summed E-state index contributed by atoms with van der Waals surface area (Å²) < 4.78 is 0. The summed E-state index contributed by atoms with van der Waals surface area (Å²) in [5.41, 5.74) is 1.92. The van der Waals surface area contributed by atoms with Crippen LogP contribution in [0.15, 0.2) is 5.16 Å². The van der Waals surface area contributed by atoms with Crippen LogP contribution < -0.4 is 11.3 Å². The second-order valence-corrected chi connectivity index (χ2v) is 1.92. The average Bonchev–Trinajstić information content (AvgIpc) is 2.04. The van der Waals surface area contributed by atoms with E-state index >= 15 is 0 Å². The standard InChI is InChI=1S/C6H13N3O2/c1-2-3-4-8-11-5-6(10)9-7/h4H,2-3,5,7H2,1H3,(H,9,10)/b8-4+. The number of amides is 1. The molecule has 0 aromatic heterocycles. The average molecular weight is 159 g/mol. The SMILES string of the molecule is CCC/C=N/OCC(=O)NN. The topological polar surface area (TPSA) is 76.7 Å². The Morgan fingerprint density at radius 1 is 1.82 bits per heavy atom. The maximum atomic E-state index is 10.4. The number of unbranched alkanes of at least 4 members (excludes halogenated alkanes) is 1. The minimum atomic E-state index is -0.390. The molecule has 0 radical (unpaired) electrons. The highest BCUT2D eigenvalue weighted by atomic mass is 16.6. The first-order valence-electron chi connectivity index (χ1n) is 3.44. The van der Waals surface area contributed by atoms with Crippen molar-refractivity contribution in [2.75, 3.05) is 6.61 Å². The molecule has 0 atom stereocenters. The van der Waals surface area contributed by atoms with Gasteiger partial charge in [-0.05, 0) is 6.42 Å². The second kappa shape index (κ2) is 7.01. The molecule has 0 saturated heterocycles. The number of nitrogens with one attached hydrogen (secondary N) is 1. The molecule has 0 spiro atoms. The van der Waals surface area contributed by atoms with Gasteiger partial charge in [0.15, 0.2) is 6.61 Å². The van der Waals surface area contributed by atoms with Gasteiger partial charge >= 0.3 is 0 Å². The third kappa shape index (κ3) is 6.79. The molecule has 0 aliphatic carbocycles. The first-order chi connectivity index (χ1) is 5.31. The molecule has 0 saturated carbocycles. The third-order valence-corrected chi connectivity index (χ3v) is 0.923. The molecule has 0 heterocycles. The minimum Gasteiger partial charge on any atom is -0.386 e. The van der Waals surface area contributed by atoms with Gasteiger partial charge in [-0.15, -0.1) is 0 Å². The zero-order valence-electron chi connectivity index (χ0n) is 6.54. The molecule has 11 heavy (non-hydrogen) atoms. The number of hydrogen-bond donors (Lipinski definition) is 2. The quantitative estimate of drug-likeness (QED) is 0.252. The van der Waals surface area contributed by atoms with Gasteiger partial charge in [-0.1, -0.05) is 18.5 Å². The van der Waals surface area contributed by atoms with Crippen molar-refractivity contribution >= 4 is 12.1 Å². The molecule has 0 aliphatic heterocycles. The fourth-order valence-corrected chi connectivity index (χ4v) is 0.372. The van der Waals surface area contributed by atoms with Gasteiger partial charge in [0.25, 0.3) is 5.91 Å². The predicted molar refractivity (Wildman–Crippen MR) is 41.7 cm³/mol. The highest BCUT2D eigenvalue weighted by molar-refractivity contribution is 5.76. The number of nitrogens with two attached hydrogens (primary N) is 1. The summed E-state index contributed by atoms with van der Waals surface area (Å²) in [7, 11) is 0. The number of carbonyl (C=O) groups excluding carboxylic acids is 1. The number of oxime groups is 1. The fraction of sp³-hybridized carbons (Fsp3) is 0.667. The first kappa shape index (κ1) is 9.90. The van der Waals surface area contributed by atoms with E-state index in [2.05, 4.69) is 9.99 Å². The van der Waals surface area contributed by atoms with Crippen LogP contribution in [0.4, 0.5) is 0 Å². The van der Waals surface area contributed by atoms with Crippen LogP contribution in [0, 0.1) is 0 Å². The lowest BCUT2D eigenvalue weighted by molar-refractivity contribution is -0.125. The van der Waals surface area contributed by atoms with Crippen LogP contribution in [-0.2, 0) is 9.63 Å². The van der Waals surface area contributed by atoms with Gasteiger partial charge in [-0.2, -0.15) is 0 Å². The Labute approximate surface area is 65.5 Å². The summed E-state index contributed by atoms with van der Waals surface area (Å²) in [6.07, 6.45) is 3.48. The van der Waals surface area contributed by atoms with Crippen molar-refractivity contribution in [1.29, 1.82) is 0 Å². The largest absolute Gasteiger partial charge is 0.386 e. The molecule has 0 aromatic rings. The smallest absolute Gasteiger partial charge is 0.274 e. The Morgan fingerprint density at radius 3 is 3.09 bits per heavy atom. The first-order valence-corrected chi connectivity index (χ1v) is 3.44. The Bertz CT molecular complexity index is 136. The molecular weight excluding hydrogens is 146 g/mol. The van der Waals surface area contributed by atoms with Crippen molar-refractivity contribution in [1.82, 2.24) is 5.43 Å². The molecule has 0 aliphatic rings. The molecule has 0 unspecified atom stereocenters. The van der Waals surface area contributed by atoms with Crippen LogP contribution in [0.1, 0.15) is 19.8 Å². The molecule has 5 heteroatoms. The maximum absolute atomic E-state index is 10.4. The number of hydrazine groups is 1. The van der Waals surface area contributed by atoms with Crippen LogP contribution in [0.5, 0.6) is 0 Å². The van der Waals surface area contributed by atoms with E-state index in [0.717, 1.165) is 12.8 Å². The molecule has 64 valence electrons. The molecular formula is C6H13N3O2. The lowest BCUT2D eigenvalue weighted by Crippen LogP contribution is -2.32. The van der Waals surface area contributed by atoms with Gasteiger partial charge in [0, 0.05) is 6.21 Å². The van der Waals surface area contributed by atoms with Crippen molar-refractivity contribution in [3.63, 3.8) is 0 Å². The normalized spacial score (nSPS) is 10.0. The van der Waals surface area contributed by atoms with E-state index in [1.54, 1.807) is 6.21 Å². The molecule has 5 nitrogen and oxygen atoms in total. The molecule has 0 fully saturated rings. The third-order valence-electron chi connectivity index (χ3n) is 0.923. The van der Waals surface area contributed by atoms with Gasteiger partial charge in [0.2, 0.25) is 0 Å². The maximum Gasteiger partial charge on any atom is 0.274 e. The van der Waals surface area contributed by atoms with Gasteiger partial charge in [-0.3, -0.25) is 10.2 Å². The van der Waals surface area contributed by atoms with Gasteiger partial charge in [-0.25, -0.2) is 5.84 Å². The summed E-state index contributed by atoms with van der Waals surface area (Å²) >= 11 is 0. The summed E-state index contributed by atoms with van der Waals surface area (Å²) in [6, 6.07) is 0. The van der Waals surface area contributed by atoms with E-state index in [9.17, 15) is 4.79 Å². The van der Waals surface area contributed by atoms with Crippen LogP contribution in [0.2, 0.25) is 0 Å². The van der Waals surface area contributed by atoms with Gasteiger partial charge in [0.1, 0.15) is 0 Å². The van der Waals surface area contributed by atoms with Crippen molar-refractivity contribution in [2.24, 2.45) is 11.0 Å². The van der Waals surface area contributed by atoms with Crippen molar-refractivity contribution < 1.29 is 9.63 Å². The highest BCUT2D eigenvalue weighted by Gasteiger charge is 1.94. The Kier molecular flexibility index (Phi) is 6.31. The highest BCUT2D eigenvalue weighted by Crippen LogP contribution is 1.81. The fourth-order valence-electron chi connectivity index (χ4n) is 0.372. The van der Waals surface area contributed by atoms with Crippen molar-refractivity contribution in [2.45, 2.75) is 19.8 Å². The van der Waals surface area contributed by atoms with E-state index in [-0.39, 0.29) is 6.61 Å². The predicted octanol–water partition coefficient (Wildman–Crippen LogP) is -0.221. The van der Waals surface area contributed by atoms with E-state index in [4.69, 9.17) is 5.84 Å². The molecule has 0 bridgehead atoms. The Balaban J connectivity index is 3.19. The monoisotopic (exact) mass is 159 g/mol. The van der Waals surface area contributed by atoms with Crippen LogP contribution >= 0.6 is 0 Å². The van der Waals surface area contributed by atoms with Crippen molar-refractivity contribution in [3.8, 4) is 0 Å². The summed E-state index contributed by atoms with van der Waals surface area (Å²) in [6.45, 7) is 1.90. The molecule has 0 aromatic carbocycles. The van der Waals surface area contributed by atoms with E-state index in [1.807, 2.05) is 12.3 Å². The van der Waals surface area contributed by atoms with Crippen LogP contribution in [0.3, 0.4) is 0 Å². The van der Waals surface area contributed by atoms with E-state index < -0.39 is 5.91 Å². The van der Waals surface area contributed by atoms with E-state index in [1.165, 1.54) is 0 Å². The summed E-state index contributed by atoms with van der Waals surface area (Å²) in [4.78, 5) is 15.0. The second-order valence-electron chi connectivity index (χ2n) is 1.92. The molecule has 0 rings (SSSR count). The number of hydrogen-bond acceptors (Lipinski definition) is 4. The zero-order chi connectivity index (χ0) is 8.53. The number of nitrogens with zero attached hydrogens (tertiary/aromatic N) is 1. The molecule has 3 N–H and O–H groups in total. The lowest BCUT2D eigenvalue weighted by Gasteiger charge is -1.95. The van der Waals surface area contributed by atoms with Crippen LogP contribution in [-0.4, -0.2) is 18.7 Å². The summed E-state index contributed by atoms with van der Waals surface area (Å²) in [5.74, 6) is 4.39.